The molecule has 0 saturated carbocycles. The number of ether oxygens (including phenoxy) is 1. The third-order valence-electron chi connectivity index (χ3n) is 9.42. The van der Waals surface area contributed by atoms with Gasteiger partial charge in [0.15, 0.2) is 0 Å². The molecule has 3 amide bonds. The van der Waals surface area contributed by atoms with E-state index in [0.717, 1.165) is 31.7 Å². The number of carbonyl (C=O) groups excluding carboxylic acids is 3. The van der Waals surface area contributed by atoms with Gasteiger partial charge < -0.3 is 25.2 Å². The maximum atomic E-state index is 14.1. The highest BCUT2D eigenvalue weighted by atomic mass is 16.5. The summed E-state index contributed by atoms with van der Waals surface area (Å²) in [5.41, 5.74) is 1.98. The summed E-state index contributed by atoms with van der Waals surface area (Å²) in [6.07, 6.45) is 9.15. The van der Waals surface area contributed by atoms with Gasteiger partial charge in [-0.3, -0.25) is 19.1 Å². The Labute approximate surface area is 269 Å². The van der Waals surface area contributed by atoms with Gasteiger partial charge in [0.25, 0.3) is 5.91 Å². The molecule has 0 aliphatic carbocycles. The van der Waals surface area contributed by atoms with Gasteiger partial charge in [-0.1, -0.05) is 42.0 Å². The Balaban J connectivity index is 1.15. The smallest absolute Gasteiger partial charge is 0.257 e. The van der Waals surface area contributed by atoms with Gasteiger partial charge >= 0.3 is 0 Å². The Morgan fingerprint density at radius 1 is 1.00 bits per heavy atom. The summed E-state index contributed by atoms with van der Waals surface area (Å²) in [5, 5.41) is 14.7. The van der Waals surface area contributed by atoms with Gasteiger partial charge in [0, 0.05) is 51.4 Å². The number of hydrogen-bond acceptors (Lipinski definition) is 8. The molecule has 6 rings (SSSR count). The second-order valence-corrected chi connectivity index (χ2v) is 12.7. The second-order valence-electron chi connectivity index (χ2n) is 12.7. The maximum absolute atomic E-state index is 14.1. The standard InChI is InChI=1S/C34H44N8O4/c43-31(36-22-25-8-3-1-4-9-25)20-26-11-16-41-23-27(26)12-19-46-33-29(10-7-13-35-33)32(44)37-30(34(41)45)21-28-24-42(39-38-28)18-17-40-14-5-2-6-15-40/h1,3-4,7-10,13,24,26-27,30H,2,5-6,11-12,14-23H2,(H,36,43)(H,37,44)/t26-,27-,30+/m0/s1. The van der Waals surface area contributed by atoms with Gasteiger partial charge in [-0.15, -0.1) is 5.10 Å². The minimum atomic E-state index is -0.835. The van der Waals surface area contributed by atoms with E-state index in [1.807, 2.05) is 46.1 Å². The molecule has 0 radical (unpaired) electrons. The molecule has 1 aromatic carbocycles. The van der Waals surface area contributed by atoms with E-state index in [-0.39, 0.29) is 41.5 Å². The zero-order valence-corrected chi connectivity index (χ0v) is 26.4. The van der Waals surface area contributed by atoms with Gasteiger partial charge in [0.05, 0.1) is 18.8 Å². The molecule has 2 N–H and O–H groups in total. The third kappa shape index (κ3) is 8.28. The van der Waals surface area contributed by atoms with Gasteiger partial charge in [-0.25, -0.2) is 4.98 Å². The summed E-state index contributed by atoms with van der Waals surface area (Å²) in [5.74, 6) is -0.177. The molecule has 2 bridgehead atoms. The number of pyridine rings is 1. The molecule has 2 fully saturated rings. The number of likely N-dealkylation sites (tertiary alicyclic amines) is 1. The number of benzene rings is 1. The lowest BCUT2D eigenvalue weighted by Gasteiger charge is -2.40. The average Bonchev–Trinajstić information content (AvgIpc) is 3.54. The Morgan fingerprint density at radius 2 is 1.85 bits per heavy atom. The maximum Gasteiger partial charge on any atom is 0.257 e. The van der Waals surface area contributed by atoms with E-state index in [4.69, 9.17) is 4.74 Å². The number of rotatable bonds is 9. The lowest BCUT2D eigenvalue weighted by atomic mass is 9.80. The van der Waals surface area contributed by atoms with Gasteiger partial charge in [0.2, 0.25) is 17.7 Å². The fraction of sp³-hybridized carbons (Fsp3) is 0.529. The van der Waals surface area contributed by atoms with Crippen molar-refractivity contribution in [2.24, 2.45) is 11.8 Å². The largest absolute Gasteiger partial charge is 0.477 e. The molecular weight excluding hydrogens is 584 g/mol. The van der Waals surface area contributed by atoms with Gasteiger partial charge in [0.1, 0.15) is 11.6 Å². The monoisotopic (exact) mass is 628 g/mol. The van der Waals surface area contributed by atoms with Crippen molar-refractivity contribution >= 4 is 17.7 Å². The van der Waals surface area contributed by atoms with E-state index in [1.54, 1.807) is 18.3 Å². The predicted octanol–water partition coefficient (Wildman–Crippen LogP) is 2.45. The highest BCUT2D eigenvalue weighted by Crippen LogP contribution is 2.31. The number of piperidine rings is 2. The summed E-state index contributed by atoms with van der Waals surface area (Å²) in [6, 6.07) is 12.4. The predicted molar refractivity (Wildman–Crippen MR) is 171 cm³/mol. The molecule has 46 heavy (non-hydrogen) atoms. The van der Waals surface area contributed by atoms with E-state index < -0.39 is 11.9 Å². The van der Waals surface area contributed by atoms with Gasteiger partial charge in [-0.2, -0.15) is 0 Å². The van der Waals surface area contributed by atoms with Crippen molar-refractivity contribution in [3.05, 3.63) is 71.7 Å². The number of hydrogen-bond donors (Lipinski definition) is 2. The first-order chi connectivity index (χ1) is 22.5. The average molecular weight is 629 g/mol. The van der Waals surface area contributed by atoms with Crippen molar-refractivity contribution in [3.63, 3.8) is 0 Å². The van der Waals surface area contributed by atoms with Crippen LogP contribution < -0.4 is 15.4 Å². The first-order valence-corrected chi connectivity index (χ1v) is 16.6. The topological polar surface area (TPSA) is 135 Å². The molecule has 3 aliphatic heterocycles. The zero-order chi connectivity index (χ0) is 31.7. The summed E-state index contributed by atoms with van der Waals surface area (Å²) >= 11 is 0. The van der Waals surface area contributed by atoms with Crippen LogP contribution in [-0.4, -0.2) is 92.9 Å². The molecule has 12 nitrogen and oxygen atoms in total. The SMILES string of the molecule is O=C(C[C@@H]1CCN2C[C@@H]1CCOc1ncccc1C(=O)N[C@H](Cc1cn(CCN3CCCCC3)nn1)C2=O)NCc1ccccc1. The van der Waals surface area contributed by atoms with Crippen molar-refractivity contribution in [1.82, 2.24) is 40.4 Å². The Hall–Kier alpha value is -4.32. The van der Waals surface area contributed by atoms with Gasteiger partial charge in [-0.05, 0) is 68.3 Å². The van der Waals surface area contributed by atoms with Crippen molar-refractivity contribution < 1.29 is 19.1 Å². The number of carbonyl (C=O) groups is 3. The molecule has 12 heteroatoms. The Bertz CT molecular complexity index is 1470. The fourth-order valence-corrected chi connectivity index (χ4v) is 6.80. The van der Waals surface area contributed by atoms with E-state index in [0.29, 0.717) is 51.2 Å². The van der Waals surface area contributed by atoms with Crippen LogP contribution in [0.3, 0.4) is 0 Å². The second kappa shape index (κ2) is 15.3. The molecule has 2 aromatic heterocycles. The number of amides is 3. The third-order valence-corrected chi connectivity index (χ3v) is 9.42. The van der Waals surface area contributed by atoms with E-state index in [9.17, 15) is 14.4 Å². The minimum absolute atomic E-state index is 0.00110. The summed E-state index contributed by atoms with van der Waals surface area (Å²) in [6.45, 7) is 5.67. The molecule has 5 heterocycles. The molecule has 3 atom stereocenters. The quantitative estimate of drug-likeness (QED) is 0.369. The van der Waals surface area contributed by atoms with E-state index in [2.05, 4.69) is 30.8 Å². The van der Waals surface area contributed by atoms with E-state index in [1.165, 1.54) is 19.3 Å². The summed E-state index contributed by atoms with van der Waals surface area (Å²) < 4.78 is 7.86. The van der Waals surface area contributed by atoms with Crippen LogP contribution in [-0.2, 0) is 29.1 Å². The fourth-order valence-electron chi connectivity index (χ4n) is 6.80. The number of nitrogens with one attached hydrogen (secondary N) is 2. The normalized spacial score (nSPS) is 22.5. The summed E-state index contributed by atoms with van der Waals surface area (Å²) in [4.78, 5) is 49.1. The molecular formula is C34H44N8O4. The number of fused-ring (bicyclic) bond motifs is 3. The van der Waals surface area contributed by atoms with Crippen molar-refractivity contribution in [2.75, 3.05) is 39.3 Å². The van der Waals surface area contributed by atoms with Crippen LogP contribution in [0, 0.1) is 11.8 Å². The lowest BCUT2D eigenvalue weighted by molar-refractivity contribution is -0.136. The first kappa shape index (κ1) is 31.7. The lowest BCUT2D eigenvalue weighted by Crippen LogP contribution is -2.54. The van der Waals surface area contributed by atoms with Crippen LogP contribution in [0.25, 0.3) is 0 Å². The van der Waals surface area contributed by atoms with Crippen LogP contribution in [0.4, 0.5) is 0 Å². The first-order valence-electron chi connectivity index (χ1n) is 16.6. The van der Waals surface area contributed by atoms with Crippen LogP contribution in [0.1, 0.15) is 60.1 Å². The van der Waals surface area contributed by atoms with Crippen molar-refractivity contribution in [3.8, 4) is 5.88 Å². The molecule has 2 saturated heterocycles. The highest BCUT2D eigenvalue weighted by molar-refractivity contribution is 5.99. The molecule has 0 unspecified atom stereocenters. The highest BCUT2D eigenvalue weighted by Gasteiger charge is 2.37. The Kier molecular flexibility index (Phi) is 10.5. The van der Waals surface area contributed by atoms with Crippen molar-refractivity contribution in [2.45, 2.75) is 64.1 Å². The summed E-state index contributed by atoms with van der Waals surface area (Å²) in [7, 11) is 0. The van der Waals surface area contributed by atoms with Crippen LogP contribution >= 0.6 is 0 Å². The molecule has 244 valence electrons. The zero-order valence-electron chi connectivity index (χ0n) is 26.4. The number of aromatic nitrogens is 4. The molecule has 0 spiro atoms. The minimum Gasteiger partial charge on any atom is -0.477 e. The number of nitrogens with zero attached hydrogens (tertiary/aromatic N) is 6. The molecule has 3 aliphatic rings. The van der Waals surface area contributed by atoms with Crippen molar-refractivity contribution in [1.29, 1.82) is 0 Å². The molecule has 3 aromatic rings. The van der Waals surface area contributed by atoms with Crippen LogP contribution in [0.5, 0.6) is 5.88 Å². The van der Waals surface area contributed by atoms with Crippen LogP contribution in [0.2, 0.25) is 0 Å². The Morgan fingerprint density at radius 3 is 2.70 bits per heavy atom. The van der Waals surface area contributed by atoms with E-state index >= 15 is 0 Å². The van der Waals surface area contributed by atoms with Crippen LogP contribution in [0.15, 0.2) is 54.9 Å².